The largest absolute Gasteiger partial charge is 0.493 e. The lowest BCUT2D eigenvalue weighted by Crippen LogP contribution is -2.26. The molecule has 1 amide bonds. The number of nitrogens with zero attached hydrogens (tertiary/aromatic N) is 1. The van der Waals surface area contributed by atoms with E-state index in [1.54, 1.807) is 6.07 Å². The molecule has 0 atom stereocenters. The highest BCUT2D eigenvalue weighted by Gasteiger charge is 2.21. The van der Waals surface area contributed by atoms with E-state index in [2.05, 4.69) is 5.32 Å². The van der Waals surface area contributed by atoms with Crippen LogP contribution in [0.2, 0.25) is 5.02 Å². The van der Waals surface area contributed by atoms with Crippen LogP contribution in [0.5, 0.6) is 23.0 Å². The maximum atomic E-state index is 12.6. The van der Waals surface area contributed by atoms with Gasteiger partial charge in [-0.1, -0.05) is 11.6 Å². The summed E-state index contributed by atoms with van der Waals surface area (Å²) >= 11 is 6.23. The van der Waals surface area contributed by atoms with Gasteiger partial charge in [0.2, 0.25) is 0 Å². The monoisotopic (exact) mass is 436 g/mol. The molecule has 1 aliphatic heterocycles. The maximum Gasteiger partial charge on any atom is 0.276 e. The summed E-state index contributed by atoms with van der Waals surface area (Å²) in [5.41, 5.74) is 0.612. The molecule has 30 heavy (non-hydrogen) atoms. The molecular formula is C20H21ClN2O7. The number of halogens is 1. The Morgan fingerprint density at radius 1 is 1.17 bits per heavy atom. The predicted molar refractivity (Wildman–Crippen MR) is 109 cm³/mol. The summed E-state index contributed by atoms with van der Waals surface area (Å²) in [5, 5.41) is 14.4. The molecule has 0 saturated carbocycles. The number of hydrogen-bond acceptors (Lipinski definition) is 7. The third-order valence-corrected chi connectivity index (χ3v) is 4.81. The van der Waals surface area contributed by atoms with Crippen molar-refractivity contribution in [3.05, 3.63) is 50.5 Å². The average Bonchev–Trinajstić information content (AvgIpc) is 2.98. The van der Waals surface area contributed by atoms with E-state index in [4.69, 9.17) is 30.5 Å². The van der Waals surface area contributed by atoms with Gasteiger partial charge in [0.15, 0.2) is 23.0 Å². The van der Waals surface area contributed by atoms with Crippen molar-refractivity contribution < 1.29 is 28.7 Å². The van der Waals surface area contributed by atoms with Gasteiger partial charge in [0.25, 0.3) is 11.6 Å². The zero-order valence-electron chi connectivity index (χ0n) is 16.5. The first-order valence-electron chi connectivity index (χ1n) is 9.21. The van der Waals surface area contributed by atoms with E-state index in [0.717, 1.165) is 6.42 Å². The maximum absolute atomic E-state index is 12.6. The van der Waals surface area contributed by atoms with Crippen molar-refractivity contribution in [2.75, 3.05) is 34.0 Å². The number of rotatable bonds is 7. The SMILES string of the molecule is COc1cc(CCNC(=O)c2cc(Cl)c3c(c2)OCCCO3)c([N+](=O)[O-])cc1OC. The van der Waals surface area contributed by atoms with Gasteiger partial charge in [-0.3, -0.25) is 14.9 Å². The van der Waals surface area contributed by atoms with Crippen LogP contribution in [0, 0.1) is 10.1 Å². The van der Waals surface area contributed by atoms with Gasteiger partial charge >= 0.3 is 0 Å². The van der Waals surface area contributed by atoms with Gasteiger partial charge in [-0.25, -0.2) is 0 Å². The fraction of sp³-hybridized carbons (Fsp3) is 0.350. The minimum Gasteiger partial charge on any atom is -0.493 e. The minimum absolute atomic E-state index is 0.111. The summed E-state index contributed by atoms with van der Waals surface area (Å²) in [5.74, 6) is 1.10. The third kappa shape index (κ3) is 4.68. The van der Waals surface area contributed by atoms with Crippen molar-refractivity contribution in [2.45, 2.75) is 12.8 Å². The number of ether oxygens (including phenoxy) is 4. The summed E-state index contributed by atoms with van der Waals surface area (Å²) in [4.78, 5) is 23.5. The van der Waals surface area contributed by atoms with Gasteiger partial charge < -0.3 is 24.3 Å². The first kappa shape index (κ1) is 21.5. The van der Waals surface area contributed by atoms with Gasteiger partial charge in [0, 0.05) is 24.1 Å². The fourth-order valence-corrected chi connectivity index (χ4v) is 3.32. The Balaban J connectivity index is 1.72. The molecule has 0 aliphatic carbocycles. The van der Waals surface area contributed by atoms with E-state index >= 15 is 0 Å². The van der Waals surface area contributed by atoms with Crippen LogP contribution in [0.25, 0.3) is 0 Å². The summed E-state index contributed by atoms with van der Waals surface area (Å²) in [6, 6.07) is 5.91. The summed E-state index contributed by atoms with van der Waals surface area (Å²) in [7, 11) is 2.85. The van der Waals surface area contributed by atoms with E-state index in [1.807, 2.05) is 0 Å². The van der Waals surface area contributed by atoms with Crippen LogP contribution in [0.4, 0.5) is 5.69 Å². The van der Waals surface area contributed by atoms with Gasteiger partial charge in [0.1, 0.15) is 0 Å². The lowest BCUT2D eigenvalue weighted by Gasteiger charge is -2.13. The van der Waals surface area contributed by atoms with Crippen LogP contribution in [0.1, 0.15) is 22.3 Å². The number of hydrogen-bond donors (Lipinski definition) is 1. The van der Waals surface area contributed by atoms with Crippen molar-refractivity contribution in [3.8, 4) is 23.0 Å². The molecular weight excluding hydrogens is 416 g/mol. The Morgan fingerprint density at radius 2 is 1.87 bits per heavy atom. The van der Waals surface area contributed by atoms with Crippen molar-refractivity contribution in [3.63, 3.8) is 0 Å². The molecule has 1 aliphatic rings. The minimum atomic E-state index is -0.497. The Kier molecular flexibility index (Phi) is 6.83. The van der Waals surface area contributed by atoms with Gasteiger partial charge in [0.05, 0.1) is 43.4 Å². The standard InChI is InChI=1S/C20H21ClN2O7/c1-27-16-9-12(15(23(25)26)11-17(16)28-2)4-5-22-20(24)13-8-14(21)19-18(10-13)29-6-3-7-30-19/h8-11H,3-7H2,1-2H3,(H,22,24). The first-order chi connectivity index (χ1) is 14.4. The zero-order valence-corrected chi connectivity index (χ0v) is 17.3. The second kappa shape index (κ2) is 9.53. The lowest BCUT2D eigenvalue weighted by atomic mass is 10.1. The quantitative estimate of drug-likeness (QED) is 0.523. The van der Waals surface area contributed by atoms with Crippen LogP contribution < -0.4 is 24.3 Å². The number of nitrogens with one attached hydrogen (secondary N) is 1. The van der Waals surface area contributed by atoms with Crippen molar-refractivity contribution in [1.82, 2.24) is 5.32 Å². The number of benzene rings is 2. The fourth-order valence-electron chi connectivity index (χ4n) is 3.06. The van der Waals surface area contributed by atoms with E-state index in [-0.39, 0.29) is 35.3 Å². The number of carbonyl (C=O) groups excluding carboxylic acids is 1. The van der Waals surface area contributed by atoms with E-state index in [9.17, 15) is 14.9 Å². The molecule has 0 unspecified atom stereocenters. The topological polar surface area (TPSA) is 109 Å². The summed E-state index contributed by atoms with van der Waals surface area (Å²) in [6.45, 7) is 1.13. The van der Waals surface area contributed by atoms with E-state index in [1.165, 1.54) is 32.4 Å². The highest BCUT2D eigenvalue weighted by molar-refractivity contribution is 6.32. The molecule has 0 saturated heterocycles. The molecule has 160 valence electrons. The molecule has 0 spiro atoms. The number of amides is 1. The Labute approximate surface area is 178 Å². The smallest absolute Gasteiger partial charge is 0.276 e. The van der Waals surface area contributed by atoms with Gasteiger partial charge in [-0.05, 0) is 24.6 Å². The predicted octanol–water partition coefficient (Wildman–Crippen LogP) is 3.40. The molecule has 9 nitrogen and oxygen atoms in total. The van der Waals surface area contributed by atoms with Crippen LogP contribution in [-0.4, -0.2) is 44.8 Å². The molecule has 0 radical (unpaired) electrons. The van der Waals surface area contributed by atoms with Crippen LogP contribution in [-0.2, 0) is 6.42 Å². The molecule has 0 fully saturated rings. The lowest BCUT2D eigenvalue weighted by molar-refractivity contribution is -0.385. The zero-order chi connectivity index (χ0) is 21.7. The number of carbonyl (C=O) groups is 1. The van der Waals surface area contributed by atoms with Crippen molar-refractivity contribution in [1.29, 1.82) is 0 Å². The van der Waals surface area contributed by atoms with Crippen LogP contribution in [0.3, 0.4) is 0 Å². The molecule has 10 heteroatoms. The number of nitro groups is 1. The van der Waals surface area contributed by atoms with E-state index < -0.39 is 4.92 Å². The summed E-state index contributed by atoms with van der Waals surface area (Å²) < 4.78 is 21.5. The number of methoxy groups -OCH3 is 2. The second-order valence-corrected chi connectivity index (χ2v) is 6.84. The molecule has 1 N–H and O–H groups in total. The van der Waals surface area contributed by atoms with Crippen LogP contribution >= 0.6 is 11.6 Å². The normalized spacial score (nSPS) is 12.6. The highest BCUT2D eigenvalue weighted by atomic mass is 35.5. The molecule has 2 aromatic carbocycles. The number of nitro benzene ring substituents is 1. The molecule has 0 bridgehead atoms. The highest BCUT2D eigenvalue weighted by Crippen LogP contribution is 2.38. The molecule has 2 aromatic rings. The average molecular weight is 437 g/mol. The summed E-state index contributed by atoms with van der Waals surface area (Å²) in [6.07, 6.45) is 0.942. The van der Waals surface area contributed by atoms with Crippen molar-refractivity contribution >= 4 is 23.2 Å². The first-order valence-corrected chi connectivity index (χ1v) is 9.59. The molecule has 1 heterocycles. The van der Waals surface area contributed by atoms with Crippen molar-refractivity contribution in [2.24, 2.45) is 0 Å². The van der Waals surface area contributed by atoms with Gasteiger partial charge in [-0.2, -0.15) is 0 Å². The van der Waals surface area contributed by atoms with E-state index in [0.29, 0.717) is 41.6 Å². The number of fused-ring (bicyclic) bond motifs is 1. The second-order valence-electron chi connectivity index (χ2n) is 6.43. The molecule has 0 aromatic heterocycles. The van der Waals surface area contributed by atoms with Crippen LogP contribution in [0.15, 0.2) is 24.3 Å². The Bertz CT molecular complexity index is 965. The Hall–Kier alpha value is -3.20. The van der Waals surface area contributed by atoms with Gasteiger partial charge in [-0.15, -0.1) is 0 Å². The third-order valence-electron chi connectivity index (χ3n) is 4.53. The molecule has 3 rings (SSSR count). The Morgan fingerprint density at radius 3 is 2.57 bits per heavy atom.